The quantitative estimate of drug-likeness (QED) is 0.753. The summed E-state index contributed by atoms with van der Waals surface area (Å²) >= 11 is 0.627. The van der Waals surface area contributed by atoms with E-state index in [4.69, 9.17) is 5.14 Å². The second kappa shape index (κ2) is 3.64. The highest BCUT2D eigenvalue weighted by atomic mass is 32.2. The van der Waals surface area contributed by atoms with E-state index in [1.165, 1.54) is 0 Å². The number of halogens is 1. The molecular weight excluding hydrogens is 233 g/mol. The van der Waals surface area contributed by atoms with E-state index in [1.807, 2.05) is 0 Å². The molecule has 0 fully saturated rings. The van der Waals surface area contributed by atoms with Crippen molar-refractivity contribution in [3.8, 4) is 0 Å². The molecule has 0 saturated carbocycles. The molecule has 0 unspecified atom stereocenters. The molecule has 78 valence electrons. The summed E-state index contributed by atoms with van der Waals surface area (Å²) in [5.74, 6) is -1.97. The monoisotopic (exact) mass is 239 g/mol. The number of hydrogen-bond donors (Lipinski definition) is 1. The molecule has 0 spiro atoms. The van der Waals surface area contributed by atoms with E-state index in [9.17, 15) is 17.6 Å². The van der Waals surface area contributed by atoms with Crippen LogP contribution in [0.25, 0.3) is 0 Å². The molecule has 0 aliphatic carbocycles. The van der Waals surface area contributed by atoms with E-state index in [-0.39, 0.29) is 4.88 Å². The highest BCUT2D eigenvalue weighted by molar-refractivity contribution is 7.89. The van der Waals surface area contributed by atoms with Gasteiger partial charge in [0, 0.05) is 5.38 Å². The summed E-state index contributed by atoms with van der Waals surface area (Å²) in [4.78, 5) is 9.83. The lowest BCUT2D eigenvalue weighted by molar-refractivity contribution is 0.0601. The van der Waals surface area contributed by atoms with Gasteiger partial charge >= 0.3 is 5.97 Å². The van der Waals surface area contributed by atoms with E-state index in [0.717, 1.165) is 12.5 Å². The Balaban J connectivity index is 3.42. The van der Waals surface area contributed by atoms with Crippen molar-refractivity contribution in [3.63, 3.8) is 0 Å². The van der Waals surface area contributed by atoms with Crippen molar-refractivity contribution in [2.45, 2.75) is 4.90 Å². The molecule has 2 N–H and O–H groups in total. The topological polar surface area (TPSA) is 86.5 Å². The van der Waals surface area contributed by atoms with E-state index in [1.54, 1.807) is 0 Å². The minimum atomic E-state index is -4.24. The van der Waals surface area contributed by atoms with Crippen LogP contribution in [0, 0.1) is 5.82 Å². The van der Waals surface area contributed by atoms with Crippen LogP contribution in [0.1, 0.15) is 9.67 Å². The molecule has 0 atom stereocenters. The summed E-state index contributed by atoms with van der Waals surface area (Å²) in [5, 5.41) is 5.61. The van der Waals surface area contributed by atoms with E-state index in [2.05, 4.69) is 4.74 Å². The number of primary sulfonamides is 1. The lowest BCUT2D eigenvalue weighted by Crippen LogP contribution is -2.16. The number of carbonyl (C=O) groups is 1. The first kappa shape index (κ1) is 11.1. The Morgan fingerprint density at radius 3 is 2.64 bits per heavy atom. The molecule has 0 aliphatic heterocycles. The van der Waals surface area contributed by atoms with Gasteiger partial charge in [-0.1, -0.05) is 0 Å². The molecule has 0 aromatic carbocycles. The Kier molecular flexibility index (Phi) is 2.88. The maximum atomic E-state index is 12.9. The number of hydrogen-bond acceptors (Lipinski definition) is 5. The van der Waals surface area contributed by atoms with Crippen molar-refractivity contribution in [1.82, 2.24) is 0 Å². The number of sulfonamides is 1. The number of esters is 1. The van der Waals surface area contributed by atoms with Crippen LogP contribution in [-0.4, -0.2) is 21.5 Å². The molecule has 0 amide bonds. The molecule has 8 heteroatoms. The van der Waals surface area contributed by atoms with Crippen LogP contribution in [0.2, 0.25) is 0 Å². The third kappa shape index (κ3) is 1.91. The van der Waals surface area contributed by atoms with Gasteiger partial charge in [-0.3, -0.25) is 0 Å². The van der Waals surface area contributed by atoms with Crippen LogP contribution in [0.3, 0.4) is 0 Å². The lowest BCUT2D eigenvalue weighted by Gasteiger charge is -1.99. The summed E-state index contributed by atoms with van der Waals surface area (Å²) in [7, 11) is -3.18. The molecule has 0 aliphatic rings. The van der Waals surface area contributed by atoms with Crippen LogP contribution in [0.4, 0.5) is 4.39 Å². The summed E-state index contributed by atoms with van der Waals surface area (Å²) in [6, 6.07) is 0. The van der Waals surface area contributed by atoms with Gasteiger partial charge in [-0.05, 0) is 0 Å². The molecular formula is C6H6FNO4S2. The maximum absolute atomic E-state index is 12.9. The highest BCUT2D eigenvalue weighted by Crippen LogP contribution is 2.25. The van der Waals surface area contributed by atoms with Gasteiger partial charge in [0.2, 0.25) is 10.0 Å². The number of nitrogens with two attached hydrogens (primary N) is 1. The van der Waals surface area contributed by atoms with Gasteiger partial charge < -0.3 is 4.74 Å². The SMILES string of the molecule is COC(=O)c1scc(F)c1S(N)(=O)=O. The fourth-order valence-corrected chi connectivity index (χ4v) is 2.79. The normalized spacial score (nSPS) is 11.4. The van der Waals surface area contributed by atoms with Gasteiger partial charge in [0.15, 0.2) is 5.82 Å². The molecule has 1 aromatic heterocycles. The average Bonchev–Trinajstić information content (AvgIpc) is 2.44. The second-order valence-electron chi connectivity index (χ2n) is 2.28. The van der Waals surface area contributed by atoms with Gasteiger partial charge in [0.05, 0.1) is 7.11 Å². The second-order valence-corrected chi connectivity index (χ2v) is 4.66. The Bertz CT molecular complexity index is 464. The number of thiophene rings is 1. The molecule has 0 radical (unpaired) electrons. The van der Waals surface area contributed by atoms with Crippen LogP contribution in [0.5, 0.6) is 0 Å². The molecule has 0 bridgehead atoms. The molecule has 14 heavy (non-hydrogen) atoms. The minimum absolute atomic E-state index is 0.354. The van der Waals surface area contributed by atoms with Crippen molar-refractivity contribution in [2.75, 3.05) is 7.11 Å². The summed E-state index contributed by atoms with van der Waals surface area (Å²) in [6.07, 6.45) is 0. The zero-order valence-corrected chi connectivity index (χ0v) is 8.62. The predicted molar refractivity (Wildman–Crippen MR) is 47.0 cm³/mol. The van der Waals surface area contributed by atoms with Crippen molar-refractivity contribution in [3.05, 3.63) is 16.1 Å². The number of methoxy groups -OCH3 is 1. The summed E-state index contributed by atoms with van der Waals surface area (Å²) < 4.78 is 39.0. The maximum Gasteiger partial charge on any atom is 0.349 e. The zero-order chi connectivity index (χ0) is 10.9. The first-order valence-electron chi connectivity index (χ1n) is 3.26. The van der Waals surface area contributed by atoms with Crippen LogP contribution >= 0.6 is 11.3 Å². The van der Waals surface area contributed by atoms with E-state index in [0.29, 0.717) is 11.3 Å². The van der Waals surface area contributed by atoms with Gasteiger partial charge in [0.25, 0.3) is 0 Å². The van der Waals surface area contributed by atoms with Gasteiger partial charge in [0.1, 0.15) is 9.77 Å². The highest BCUT2D eigenvalue weighted by Gasteiger charge is 2.26. The first-order chi connectivity index (χ1) is 6.38. The minimum Gasteiger partial charge on any atom is -0.465 e. The predicted octanol–water partition coefficient (Wildman–Crippen LogP) is 0.321. The molecule has 1 heterocycles. The van der Waals surface area contributed by atoms with E-state index >= 15 is 0 Å². The van der Waals surface area contributed by atoms with Crippen LogP contribution < -0.4 is 5.14 Å². The molecule has 0 saturated heterocycles. The Hall–Kier alpha value is -0.990. The van der Waals surface area contributed by atoms with Crippen LogP contribution in [0.15, 0.2) is 10.3 Å². The molecule has 1 aromatic rings. The third-order valence-electron chi connectivity index (χ3n) is 1.36. The number of rotatable bonds is 2. The summed E-state index contributed by atoms with van der Waals surface area (Å²) in [6.45, 7) is 0. The van der Waals surface area contributed by atoms with Crippen LogP contribution in [-0.2, 0) is 14.8 Å². The fourth-order valence-electron chi connectivity index (χ4n) is 0.825. The third-order valence-corrected chi connectivity index (χ3v) is 3.39. The molecule has 1 rings (SSSR count). The average molecular weight is 239 g/mol. The van der Waals surface area contributed by atoms with E-state index < -0.39 is 26.7 Å². The lowest BCUT2D eigenvalue weighted by atomic mass is 10.4. The van der Waals surface area contributed by atoms with Crippen molar-refractivity contribution in [2.24, 2.45) is 5.14 Å². The smallest absolute Gasteiger partial charge is 0.349 e. The van der Waals surface area contributed by atoms with Gasteiger partial charge in [-0.25, -0.2) is 22.7 Å². The van der Waals surface area contributed by atoms with Gasteiger partial charge in [-0.15, -0.1) is 11.3 Å². The number of ether oxygens (including phenoxy) is 1. The van der Waals surface area contributed by atoms with Gasteiger partial charge in [-0.2, -0.15) is 0 Å². The standard InChI is InChI=1S/C6H6FNO4S2/c1-12-6(9)4-5(14(8,10)11)3(7)2-13-4/h2H,1H3,(H2,8,10,11). The first-order valence-corrected chi connectivity index (χ1v) is 5.68. The largest absolute Gasteiger partial charge is 0.465 e. The fraction of sp³-hybridized carbons (Fsp3) is 0.167. The number of carbonyl (C=O) groups excluding carboxylic acids is 1. The zero-order valence-electron chi connectivity index (χ0n) is 6.98. The Morgan fingerprint density at radius 1 is 1.64 bits per heavy atom. The van der Waals surface area contributed by atoms with Crippen molar-refractivity contribution in [1.29, 1.82) is 0 Å². The van der Waals surface area contributed by atoms with Crippen molar-refractivity contribution < 1.29 is 22.3 Å². The molecule has 5 nitrogen and oxygen atoms in total. The summed E-state index contributed by atoms with van der Waals surface area (Å²) in [5.41, 5.74) is 0. The Morgan fingerprint density at radius 2 is 2.21 bits per heavy atom. The van der Waals surface area contributed by atoms with Crippen molar-refractivity contribution >= 4 is 27.3 Å². The Labute approximate surface area is 83.3 Å².